The predicted octanol–water partition coefficient (Wildman–Crippen LogP) is -0.175. The smallest absolute Gasteiger partial charge is 0.236 e. The van der Waals surface area contributed by atoms with Crippen LogP contribution in [0.2, 0.25) is 0 Å². The number of aliphatic hydroxyl groups is 1. The number of carbonyl (C=O) groups excluding carboxylic acids is 1. The normalized spacial score (nSPS) is 19.2. The van der Waals surface area contributed by atoms with Crippen molar-refractivity contribution in [2.45, 2.75) is 26.3 Å². The third kappa shape index (κ3) is 2.96. The van der Waals surface area contributed by atoms with Gasteiger partial charge >= 0.3 is 0 Å². The molecular formula is C10H20N2O2. The molecule has 4 nitrogen and oxygen atoms in total. The summed E-state index contributed by atoms with van der Waals surface area (Å²) >= 11 is 0. The Hall–Kier alpha value is -0.610. The number of aliphatic hydroxyl groups excluding tert-OH is 1. The van der Waals surface area contributed by atoms with Crippen LogP contribution in [0.5, 0.6) is 0 Å². The van der Waals surface area contributed by atoms with Crippen LogP contribution in [-0.4, -0.2) is 48.2 Å². The lowest BCUT2D eigenvalue weighted by molar-refractivity contribution is -0.137. The van der Waals surface area contributed by atoms with Gasteiger partial charge in [0, 0.05) is 31.7 Å². The second-order valence-electron chi connectivity index (χ2n) is 4.04. The van der Waals surface area contributed by atoms with Crippen LogP contribution >= 0.6 is 0 Å². The average molecular weight is 200 g/mol. The van der Waals surface area contributed by atoms with Gasteiger partial charge in [-0.15, -0.1) is 0 Å². The van der Waals surface area contributed by atoms with Gasteiger partial charge in [0.1, 0.15) is 0 Å². The number of carbonyl (C=O) groups is 1. The Morgan fingerprint density at radius 3 is 2.79 bits per heavy atom. The van der Waals surface area contributed by atoms with E-state index < -0.39 is 0 Å². The van der Waals surface area contributed by atoms with E-state index in [0.717, 1.165) is 19.5 Å². The van der Waals surface area contributed by atoms with Crippen molar-refractivity contribution in [3.63, 3.8) is 0 Å². The van der Waals surface area contributed by atoms with E-state index in [9.17, 15) is 4.79 Å². The standard InChI is InChI=1S/C10H20N2O2/c1-3-8(2)11-4-10(14)12-5-9(6-12)7-13/h8-9,11,13H,3-7H2,1-2H3. The Morgan fingerprint density at radius 1 is 1.64 bits per heavy atom. The summed E-state index contributed by atoms with van der Waals surface area (Å²) in [6.07, 6.45) is 1.03. The van der Waals surface area contributed by atoms with E-state index in [2.05, 4.69) is 19.2 Å². The fraction of sp³-hybridized carbons (Fsp3) is 0.900. The molecule has 0 aromatic carbocycles. The van der Waals surface area contributed by atoms with Crippen LogP contribution in [0.25, 0.3) is 0 Å². The van der Waals surface area contributed by atoms with Crippen LogP contribution in [0.1, 0.15) is 20.3 Å². The van der Waals surface area contributed by atoms with Crippen LogP contribution in [0.15, 0.2) is 0 Å². The molecule has 1 rings (SSSR count). The number of nitrogens with one attached hydrogen (secondary N) is 1. The highest BCUT2D eigenvalue weighted by molar-refractivity contribution is 5.79. The van der Waals surface area contributed by atoms with Gasteiger partial charge in [-0.2, -0.15) is 0 Å². The molecule has 0 aliphatic carbocycles. The van der Waals surface area contributed by atoms with E-state index in [1.165, 1.54) is 0 Å². The molecule has 1 fully saturated rings. The van der Waals surface area contributed by atoms with Crippen molar-refractivity contribution in [2.24, 2.45) is 5.92 Å². The molecule has 0 bridgehead atoms. The van der Waals surface area contributed by atoms with Gasteiger partial charge in [0.05, 0.1) is 6.54 Å². The summed E-state index contributed by atoms with van der Waals surface area (Å²) in [4.78, 5) is 13.3. The average Bonchev–Trinajstić information content (AvgIpc) is 2.12. The van der Waals surface area contributed by atoms with Gasteiger partial charge in [0.15, 0.2) is 0 Å². The summed E-state index contributed by atoms with van der Waals surface area (Å²) in [5.74, 6) is 0.456. The molecule has 1 unspecified atom stereocenters. The molecule has 0 radical (unpaired) electrons. The zero-order valence-corrected chi connectivity index (χ0v) is 8.99. The van der Waals surface area contributed by atoms with Gasteiger partial charge < -0.3 is 15.3 Å². The van der Waals surface area contributed by atoms with Crippen LogP contribution in [0.4, 0.5) is 0 Å². The van der Waals surface area contributed by atoms with E-state index >= 15 is 0 Å². The first-order valence-corrected chi connectivity index (χ1v) is 5.29. The van der Waals surface area contributed by atoms with Gasteiger partial charge in [-0.05, 0) is 13.3 Å². The van der Waals surface area contributed by atoms with Gasteiger partial charge in [-0.25, -0.2) is 0 Å². The van der Waals surface area contributed by atoms with Crippen molar-refractivity contribution in [2.75, 3.05) is 26.2 Å². The van der Waals surface area contributed by atoms with Crippen molar-refractivity contribution >= 4 is 5.91 Å². The van der Waals surface area contributed by atoms with E-state index in [1.54, 1.807) is 4.90 Å². The van der Waals surface area contributed by atoms with Crippen molar-refractivity contribution in [1.82, 2.24) is 10.2 Å². The molecule has 1 atom stereocenters. The minimum absolute atomic E-state index is 0.148. The van der Waals surface area contributed by atoms with Gasteiger partial charge in [0.2, 0.25) is 5.91 Å². The van der Waals surface area contributed by atoms with Crippen molar-refractivity contribution < 1.29 is 9.90 Å². The van der Waals surface area contributed by atoms with E-state index in [1.807, 2.05) is 0 Å². The Labute approximate surface area is 85.3 Å². The number of hydrogen-bond acceptors (Lipinski definition) is 3. The first-order valence-electron chi connectivity index (χ1n) is 5.29. The Kier molecular flexibility index (Phi) is 4.35. The number of amides is 1. The number of hydrogen-bond donors (Lipinski definition) is 2. The molecule has 1 aliphatic rings. The third-order valence-corrected chi connectivity index (χ3v) is 2.78. The monoisotopic (exact) mass is 200 g/mol. The number of likely N-dealkylation sites (tertiary alicyclic amines) is 1. The predicted molar refractivity (Wildman–Crippen MR) is 54.9 cm³/mol. The summed E-state index contributed by atoms with van der Waals surface area (Å²) < 4.78 is 0. The topological polar surface area (TPSA) is 52.6 Å². The maximum absolute atomic E-state index is 11.5. The molecule has 1 saturated heterocycles. The second kappa shape index (κ2) is 5.32. The van der Waals surface area contributed by atoms with Gasteiger partial charge in [0.25, 0.3) is 0 Å². The maximum atomic E-state index is 11.5. The van der Waals surface area contributed by atoms with E-state index in [0.29, 0.717) is 18.5 Å². The molecule has 1 aliphatic heterocycles. The lowest BCUT2D eigenvalue weighted by Crippen LogP contribution is -2.54. The molecule has 0 saturated carbocycles. The highest BCUT2D eigenvalue weighted by atomic mass is 16.3. The largest absolute Gasteiger partial charge is 0.396 e. The number of rotatable bonds is 5. The minimum atomic E-state index is 0.148. The number of nitrogens with zero attached hydrogens (tertiary/aromatic N) is 1. The highest BCUT2D eigenvalue weighted by Crippen LogP contribution is 2.13. The molecule has 4 heteroatoms. The molecule has 14 heavy (non-hydrogen) atoms. The molecule has 2 N–H and O–H groups in total. The molecule has 1 amide bonds. The summed E-state index contributed by atoms with van der Waals surface area (Å²) in [6, 6.07) is 0.397. The van der Waals surface area contributed by atoms with Gasteiger partial charge in [-0.1, -0.05) is 6.92 Å². The summed E-state index contributed by atoms with van der Waals surface area (Å²) in [5.41, 5.74) is 0. The highest BCUT2D eigenvalue weighted by Gasteiger charge is 2.29. The third-order valence-electron chi connectivity index (χ3n) is 2.78. The lowest BCUT2D eigenvalue weighted by atomic mass is 10.0. The molecule has 0 spiro atoms. The molecule has 0 aromatic heterocycles. The maximum Gasteiger partial charge on any atom is 0.236 e. The zero-order chi connectivity index (χ0) is 10.6. The quantitative estimate of drug-likeness (QED) is 0.647. The van der Waals surface area contributed by atoms with E-state index in [-0.39, 0.29) is 12.5 Å². The summed E-state index contributed by atoms with van der Waals surface area (Å²) in [7, 11) is 0. The fourth-order valence-corrected chi connectivity index (χ4v) is 1.41. The Bertz CT molecular complexity index is 191. The minimum Gasteiger partial charge on any atom is -0.396 e. The van der Waals surface area contributed by atoms with Crippen molar-refractivity contribution in [3.05, 3.63) is 0 Å². The first kappa shape index (κ1) is 11.5. The van der Waals surface area contributed by atoms with Crippen LogP contribution in [0.3, 0.4) is 0 Å². The molecule has 1 heterocycles. The van der Waals surface area contributed by atoms with Crippen LogP contribution < -0.4 is 5.32 Å². The Balaban J connectivity index is 2.11. The van der Waals surface area contributed by atoms with Crippen molar-refractivity contribution in [3.8, 4) is 0 Å². The summed E-state index contributed by atoms with van der Waals surface area (Å²) in [6.45, 7) is 6.22. The van der Waals surface area contributed by atoms with Crippen LogP contribution in [-0.2, 0) is 4.79 Å². The summed E-state index contributed by atoms with van der Waals surface area (Å²) in [5, 5.41) is 11.9. The zero-order valence-electron chi connectivity index (χ0n) is 8.99. The van der Waals surface area contributed by atoms with Gasteiger partial charge in [-0.3, -0.25) is 4.79 Å². The molecular weight excluding hydrogens is 180 g/mol. The van der Waals surface area contributed by atoms with Crippen LogP contribution in [0, 0.1) is 5.92 Å². The first-order chi connectivity index (χ1) is 6.67. The second-order valence-corrected chi connectivity index (χ2v) is 4.04. The fourth-order valence-electron chi connectivity index (χ4n) is 1.41. The SMILES string of the molecule is CCC(C)NCC(=O)N1CC(CO)C1. The molecule has 0 aromatic rings. The van der Waals surface area contributed by atoms with E-state index in [4.69, 9.17) is 5.11 Å². The Morgan fingerprint density at radius 2 is 2.29 bits per heavy atom. The molecule has 82 valence electrons. The lowest BCUT2D eigenvalue weighted by Gasteiger charge is -2.38. The van der Waals surface area contributed by atoms with Crippen molar-refractivity contribution in [1.29, 1.82) is 0 Å².